The lowest BCUT2D eigenvalue weighted by atomic mass is 10.2. The van der Waals surface area contributed by atoms with Crippen LogP contribution in [-0.2, 0) is 4.79 Å². The van der Waals surface area contributed by atoms with Crippen LogP contribution in [0.2, 0.25) is 0 Å². The minimum atomic E-state index is -0.711. The fourth-order valence-corrected chi connectivity index (χ4v) is 1.92. The van der Waals surface area contributed by atoms with Gasteiger partial charge in [-0.15, -0.1) is 0 Å². The highest BCUT2D eigenvalue weighted by Crippen LogP contribution is 2.34. The SMILES string of the molecule is COc1cc([N+](=O)[O-])ccc1N1CC(O)CC1=O. The van der Waals surface area contributed by atoms with Crippen molar-refractivity contribution in [3.05, 3.63) is 28.3 Å². The van der Waals surface area contributed by atoms with Gasteiger partial charge in [0, 0.05) is 6.07 Å². The lowest BCUT2D eigenvalue weighted by molar-refractivity contribution is -0.384. The third kappa shape index (κ3) is 2.12. The van der Waals surface area contributed by atoms with Crippen molar-refractivity contribution in [3.8, 4) is 5.75 Å². The van der Waals surface area contributed by atoms with Crippen LogP contribution in [0.4, 0.5) is 11.4 Å². The first-order valence-electron chi connectivity index (χ1n) is 5.33. The van der Waals surface area contributed by atoms with E-state index in [0.717, 1.165) is 0 Å². The van der Waals surface area contributed by atoms with Gasteiger partial charge in [-0.3, -0.25) is 14.9 Å². The number of carbonyl (C=O) groups excluding carboxylic acids is 1. The van der Waals surface area contributed by atoms with Crippen LogP contribution < -0.4 is 9.64 Å². The topological polar surface area (TPSA) is 92.9 Å². The third-order valence-electron chi connectivity index (χ3n) is 2.77. The lowest BCUT2D eigenvalue weighted by Gasteiger charge is -2.18. The lowest BCUT2D eigenvalue weighted by Crippen LogP contribution is -2.25. The zero-order valence-corrected chi connectivity index (χ0v) is 9.70. The van der Waals surface area contributed by atoms with Crippen molar-refractivity contribution in [2.24, 2.45) is 0 Å². The monoisotopic (exact) mass is 252 g/mol. The first kappa shape index (κ1) is 12.3. The normalized spacial score (nSPS) is 19.1. The highest BCUT2D eigenvalue weighted by molar-refractivity contribution is 5.97. The van der Waals surface area contributed by atoms with Crippen molar-refractivity contribution in [3.63, 3.8) is 0 Å². The van der Waals surface area contributed by atoms with Crippen LogP contribution in [0.1, 0.15) is 6.42 Å². The molecule has 0 spiro atoms. The summed E-state index contributed by atoms with van der Waals surface area (Å²) in [5, 5.41) is 20.1. The van der Waals surface area contributed by atoms with Crippen LogP contribution in [0.3, 0.4) is 0 Å². The van der Waals surface area contributed by atoms with Crippen molar-refractivity contribution in [2.45, 2.75) is 12.5 Å². The molecule has 1 saturated heterocycles. The molecule has 18 heavy (non-hydrogen) atoms. The van der Waals surface area contributed by atoms with Crippen molar-refractivity contribution in [1.82, 2.24) is 0 Å². The van der Waals surface area contributed by atoms with Crippen LogP contribution in [0.5, 0.6) is 5.75 Å². The summed E-state index contributed by atoms with van der Waals surface area (Å²) in [6.07, 6.45) is -0.655. The predicted octanol–water partition coefficient (Wildman–Crippen LogP) is 0.701. The third-order valence-corrected chi connectivity index (χ3v) is 2.77. The van der Waals surface area contributed by atoms with E-state index in [1.54, 1.807) is 0 Å². The number of rotatable bonds is 3. The quantitative estimate of drug-likeness (QED) is 0.631. The van der Waals surface area contributed by atoms with Crippen molar-refractivity contribution in [1.29, 1.82) is 0 Å². The standard InChI is InChI=1S/C11H12N2O5/c1-18-10-4-7(13(16)17)2-3-9(10)12-6-8(14)5-11(12)15/h2-4,8,14H,5-6H2,1H3. The number of carbonyl (C=O) groups is 1. The number of nitrogens with zero attached hydrogens (tertiary/aromatic N) is 2. The Labute approximate surface area is 103 Å². The van der Waals surface area contributed by atoms with Crippen molar-refractivity contribution in [2.75, 3.05) is 18.6 Å². The maximum absolute atomic E-state index is 11.6. The first-order valence-corrected chi connectivity index (χ1v) is 5.33. The van der Waals surface area contributed by atoms with Gasteiger partial charge in [0.25, 0.3) is 5.69 Å². The number of β-amino-alcohol motifs (C(OH)–C–C–N with tert-alkyl or cyclic N) is 1. The predicted molar refractivity (Wildman–Crippen MR) is 62.6 cm³/mol. The molecule has 0 aliphatic carbocycles. The first-order chi connectivity index (χ1) is 8.52. The fourth-order valence-electron chi connectivity index (χ4n) is 1.92. The molecule has 1 fully saturated rings. The van der Waals surface area contributed by atoms with Gasteiger partial charge >= 0.3 is 0 Å². The molecule has 2 rings (SSSR count). The Hall–Kier alpha value is -2.15. The van der Waals surface area contributed by atoms with E-state index in [0.29, 0.717) is 5.69 Å². The van der Waals surface area contributed by atoms with Gasteiger partial charge in [0.05, 0.1) is 42.9 Å². The van der Waals surface area contributed by atoms with E-state index in [9.17, 15) is 20.0 Å². The average Bonchev–Trinajstić information content (AvgIpc) is 2.67. The Morgan fingerprint density at radius 3 is 2.78 bits per heavy atom. The number of aliphatic hydroxyl groups excluding tert-OH is 1. The van der Waals surface area contributed by atoms with Crippen molar-refractivity contribution < 1.29 is 19.6 Å². The number of nitro benzene ring substituents is 1. The molecule has 1 N–H and O–H groups in total. The molecule has 1 aromatic rings. The largest absolute Gasteiger partial charge is 0.494 e. The summed E-state index contributed by atoms with van der Waals surface area (Å²) >= 11 is 0. The number of ether oxygens (including phenoxy) is 1. The Kier molecular flexibility index (Phi) is 3.15. The van der Waals surface area contributed by atoms with E-state index >= 15 is 0 Å². The number of anilines is 1. The summed E-state index contributed by atoms with van der Waals surface area (Å²) in [4.78, 5) is 23.1. The van der Waals surface area contributed by atoms with Crippen LogP contribution >= 0.6 is 0 Å². The van der Waals surface area contributed by atoms with E-state index in [1.165, 1.54) is 30.2 Å². The van der Waals surface area contributed by atoms with E-state index in [-0.39, 0.29) is 30.3 Å². The van der Waals surface area contributed by atoms with Crippen LogP contribution in [0, 0.1) is 10.1 Å². The molecular weight excluding hydrogens is 240 g/mol. The Bertz CT molecular complexity index is 502. The Morgan fingerprint density at radius 2 is 2.28 bits per heavy atom. The fraction of sp³-hybridized carbons (Fsp3) is 0.364. The average molecular weight is 252 g/mol. The molecule has 7 heteroatoms. The molecule has 1 aliphatic heterocycles. The second-order valence-electron chi connectivity index (χ2n) is 3.98. The number of hydrogen-bond donors (Lipinski definition) is 1. The second kappa shape index (κ2) is 4.61. The van der Waals surface area contributed by atoms with E-state index in [2.05, 4.69) is 0 Å². The van der Waals surface area contributed by atoms with E-state index in [4.69, 9.17) is 4.74 Å². The van der Waals surface area contributed by atoms with Crippen LogP contribution in [0.25, 0.3) is 0 Å². The molecule has 1 aliphatic rings. The highest BCUT2D eigenvalue weighted by atomic mass is 16.6. The minimum Gasteiger partial charge on any atom is -0.494 e. The molecule has 96 valence electrons. The van der Waals surface area contributed by atoms with Gasteiger partial charge in [-0.1, -0.05) is 0 Å². The number of aliphatic hydroxyl groups is 1. The molecule has 1 aromatic carbocycles. The Morgan fingerprint density at radius 1 is 1.56 bits per heavy atom. The molecule has 0 radical (unpaired) electrons. The maximum atomic E-state index is 11.6. The second-order valence-corrected chi connectivity index (χ2v) is 3.98. The molecule has 0 saturated carbocycles. The summed E-state index contributed by atoms with van der Waals surface area (Å²) in [5.41, 5.74) is 0.326. The van der Waals surface area contributed by atoms with Gasteiger partial charge < -0.3 is 14.7 Å². The summed E-state index contributed by atoms with van der Waals surface area (Å²) in [6.45, 7) is 0.174. The summed E-state index contributed by atoms with van der Waals surface area (Å²) < 4.78 is 5.05. The van der Waals surface area contributed by atoms with Gasteiger partial charge in [-0.25, -0.2) is 0 Å². The van der Waals surface area contributed by atoms with Crippen LogP contribution in [-0.4, -0.2) is 35.7 Å². The molecule has 0 aromatic heterocycles. The highest BCUT2D eigenvalue weighted by Gasteiger charge is 2.31. The molecule has 1 atom stereocenters. The molecule has 0 bridgehead atoms. The van der Waals surface area contributed by atoms with Crippen LogP contribution in [0.15, 0.2) is 18.2 Å². The smallest absolute Gasteiger partial charge is 0.273 e. The molecule has 7 nitrogen and oxygen atoms in total. The summed E-state index contributed by atoms with van der Waals surface area (Å²) in [6, 6.07) is 4.01. The summed E-state index contributed by atoms with van der Waals surface area (Å²) in [7, 11) is 1.37. The Balaban J connectivity index is 2.39. The number of amides is 1. The maximum Gasteiger partial charge on any atom is 0.273 e. The van der Waals surface area contributed by atoms with Gasteiger partial charge in [0.2, 0.25) is 5.91 Å². The van der Waals surface area contributed by atoms with Gasteiger partial charge in [-0.05, 0) is 6.07 Å². The molecule has 1 heterocycles. The zero-order chi connectivity index (χ0) is 13.3. The van der Waals surface area contributed by atoms with Crippen molar-refractivity contribution >= 4 is 17.3 Å². The number of nitro groups is 1. The molecule has 1 unspecified atom stereocenters. The van der Waals surface area contributed by atoms with Gasteiger partial charge in [-0.2, -0.15) is 0 Å². The summed E-state index contributed by atoms with van der Waals surface area (Å²) in [5.74, 6) is 0.0151. The number of benzene rings is 1. The number of methoxy groups -OCH3 is 1. The number of hydrogen-bond acceptors (Lipinski definition) is 5. The van der Waals surface area contributed by atoms with Gasteiger partial charge in [0.1, 0.15) is 5.75 Å². The minimum absolute atomic E-state index is 0.0557. The number of non-ortho nitro benzene ring substituents is 1. The molecular formula is C11H12N2O5. The van der Waals surface area contributed by atoms with E-state index < -0.39 is 11.0 Å². The van der Waals surface area contributed by atoms with Gasteiger partial charge in [0.15, 0.2) is 0 Å². The zero-order valence-electron chi connectivity index (χ0n) is 9.70. The molecule has 1 amide bonds. The van der Waals surface area contributed by atoms with E-state index in [1.807, 2.05) is 0 Å².